The molecule has 1 aliphatic carbocycles. The molecule has 0 aromatic heterocycles. The molecule has 0 aliphatic heterocycles. The predicted molar refractivity (Wildman–Crippen MR) is 65.8 cm³/mol. The van der Waals surface area contributed by atoms with Gasteiger partial charge in [-0.3, -0.25) is 4.79 Å². The smallest absolute Gasteiger partial charge is 0.244 e. The molecule has 2 nitrogen and oxygen atoms in total. The Morgan fingerprint density at radius 2 is 1.75 bits per heavy atom. The maximum Gasteiger partial charge on any atom is 0.244 e. The van der Waals surface area contributed by atoms with E-state index in [9.17, 15) is 4.79 Å². The maximum absolute atomic E-state index is 11.4. The van der Waals surface area contributed by atoms with E-state index in [0.717, 1.165) is 42.4 Å². The minimum absolute atomic E-state index is 0.254. The van der Waals surface area contributed by atoms with Gasteiger partial charge in [0.15, 0.2) is 0 Å². The van der Waals surface area contributed by atoms with E-state index in [0.29, 0.717) is 0 Å². The average Bonchev–Trinajstić information content (AvgIpc) is 2.30. The van der Waals surface area contributed by atoms with Gasteiger partial charge in [0.05, 0.1) is 0 Å². The minimum Gasteiger partial charge on any atom is -0.366 e. The molecule has 0 heterocycles. The number of rotatable bonds is 2. The molecular weight excluding hydrogens is 198 g/mol. The van der Waals surface area contributed by atoms with Crippen LogP contribution in [0.25, 0.3) is 5.57 Å². The van der Waals surface area contributed by atoms with E-state index in [1.807, 2.05) is 0 Å². The van der Waals surface area contributed by atoms with Gasteiger partial charge in [0.2, 0.25) is 5.91 Å². The van der Waals surface area contributed by atoms with Gasteiger partial charge in [0.25, 0.3) is 0 Å². The average molecular weight is 215 g/mol. The lowest BCUT2D eigenvalue weighted by molar-refractivity contribution is -0.114. The Kier molecular flexibility index (Phi) is 3.09. The number of amides is 1. The first-order chi connectivity index (χ1) is 7.68. The summed E-state index contributed by atoms with van der Waals surface area (Å²) in [5.74, 6) is -0.254. The van der Waals surface area contributed by atoms with Crippen molar-refractivity contribution in [1.82, 2.24) is 0 Å². The highest BCUT2D eigenvalue weighted by Gasteiger charge is 2.17. The van der Waals surface area contributed by atoms with E-state index in [1.165, 1.54) is 5.56 Å². The number of hydrogen-bond acceptors (Lipinski definition) is 1. The van der Waals surface area contributed by atoms with Crippen molar-refractivity contribution in [3.05, 3.63) is 41.0 Å². The van der Waals surface area contributed by atoms with Crippen molar-refractivity contribution in [2.75, 3.05) is 0 Å². The summed E-state index contributed by atoms with van der Waals surface area (Å²) in [7, 11) is 0. The second kappa shape index (κ2) is 4.52. The molecule has 0 unspecified atom stereocenters. The fourth-order valence-electron chi connectivity index (χ4n) is 2.25. The van der Waals surface area contributed by atoms with Crippen LogP contribution in [-0.2, 0) is 4.79 Å². The Bertz CT molecular complexity index is 429. The van der Waals surface area contributed by atoms with Crippen LogP contribution in [0.15, 0.2) is 29.8 Å². The molecule has 0 saturated heterocycles. The third-order valence-corrected chi connectivity index (χ3v) is 3.17. The van der Waals surface area contributed by atoms with Gasteiger partial charge in [-0.15, -0.1) is 0 Å². The lowest BCUT2D eigenvalue weighted by Crippen LogP contribution is -2.17. The van der Waals surface area contributed by atoms with Gasteiger partial charge < -0.3 is 5.73 Å². The highest BCUT2D eigenvalue weighted by molar-refractivity contribution is 6.00. The maximum atomic E-state index is 11.4. The minimum atomic E-state index is -0.254. The number of allylic oxidation sites excluding steroid dienone is 1. The number of nitrogens with two attached hydrogens (primary N) is 1. The molecule has 0 atom stereocenters. The Morgan fingerprint density at radius 3 is 2.38 bits per heavy atom. The zero-order valence-electron chi connectivity index (χ0n) is 9.62. The molecule has 84 valence electrons. The van der Waals surface area contributed by atoms with Gasteiger partial charge in [0.1, 0.15) is 0 Å². The largest absolute Gasteiger partial charge is 0.366 e. The van der Waals surface area contributed by atoms with Crippen LogP contribution in [0.1, 0.15) is 36.8 Å². The van der Waals surface area contributed by atoms with Crippen molar-refractivity contribution in [2.45, 2.75) is 32.6 Å². The number of primary amides is 1. The van der Waals surface area contributed by atoms with E-state index >= 15 is 0 Å². The van der Waals surface area contributed by atoms with Gasteiger partial charge in [-0.25, -0.2) is 0 Å². The van der Waals surface area contributed by atoms with Gasteiger partial charge in [-0.1, -0.05) is 29.8 Å². The van der Waals surface area contributed by atoms with Crippen molar-refractivity contribution >= 4 is 11.5 Å². The molecule has 0 spiro atoms. The first-order valence-corrected chi connectivity index (χ1v) is 5.77. The summed E-state index contributed by atoms with van der Waals surface area (Å²) in [6.45, 7) is 2.06. The first-order valence-electron chi connectivity index (χ1n) is 5.77. The molecule has 0 radical (unpaired) electrons. The van der Waals surface area contributed by atoms with Crippen molar-refractivity contribution in [2.24, 2.45) is 5.73 Å². The third-order valence-electron chi connectivity index (χ3n) is 3.17. The van der Waals surface area contributed by atoms with Crippen LogP contribution in [0.4, 0.5) is 0 Å². The number of aryl methyl sites for hydroxylation is 1. The second-order valence-corrected chi connectivity index (χ2v) is 4.39. The standard InChI is InChI=1S/C14H17NO/c1-10-6-8-11(9-7-10)12-4-2-3-5-13(12)14(15)16/h6-9H,2-5H2,1H3,(H2,15,16). The van der Waals surface area contributed by atoms with Gasteiger partial charge >= 0.3 is 0 Å². The van der Waals surface area contributed by atoms with Crippen molar-refractivity contribution < 1.29 is 4.79 Å². The lowest BCUT2D eigenvalue weighted by Gasteiger charge is -2.18. The molecule has 1 aromatic carbocycles. The van der Waals surface area contributed by atoms with Gasteiger partial charge in [-0.05, 0) is 43.7 Å². The quantitative estimate of drug-likeness (QED) is 0.810. The van der Waals surface area contributed by atoms with Crippen LogP contribution in [0.5, 0.6) is 0 Å². The monoisotopic (exact) mass is 215 g/mol. The fraction of sp³-hybridized carbons (Fsp3) is 0.357. The molecule has 2 heteroatoms. The topological polar surface area (TPSA) is 43.1 Å². The molecule has 0 fully saturated rings. The summed E-state index contributed by atoms with van der Waals surface area (Å²) in [4.78, 5) is 11.4. The molecule has 2 rings (SSSR count). The van der Waals surface area contributed by atoms with Crippen molar-refractivity contribution in [3.63, 3.8) is 0 Å². The lowest BCUT2D eigenvalue weighted by atomic mass is 9.87. The summed E-state index contributed by atoms with van der Waals surface area (Å²) >= 11 is 0. The highest BCUT2D eigenvalue weighted by atomic mass is 16.1. The van der Waals surface area contributed by atoms with E-state index < -0.39 is 0 Å². The van der Waals surface area contributed by atoms with Gasteiger partial charge in [-0.2, -0.15) is 0 Å². The van der Waals surface area contributed by atoms with E-state index in [1.54, 1.807) is 0 Å². The normalized spacial score (nSPS) is 16.3. The summed E-state index contributed by atoms with van der Waals surface area (Å²) in [6, 6.07) is 8.32. The zero-order valence-corrected chi connectivity index (χ0v) is 9.62. The predicted octanol–water partition coefficient (Wildman–Crippen LogP) is 2.81. The summed E-state index contributed by atoms with van der Waals surface area (Å²) in [6.07, 6.45) is 4.04. The molecule has 0 bridgehead atoms. The Balaban J connectivity index is 2.43. The second-order valence-electron chi connectivity index (χ2n) is 4.39. The van der Waals surface area contributed by atoms with Crippen LogP contribution >= 0.6 is 0 Å². The van der Waals surface area contributed by atoms with Crippen molar-refractivity contribution in [3.8, 4) is 0 Å². The zero-order chi connectivity index (χ0) is 11.5. The summed E-state index contributed by atoms with van der Waals surface area (Å²) in [5, 5.41) is 0. The molecular formula is C14H17NO. The van der Waals surface area contributed by atoms with E-state index in [-0.39, 0.29) is 5.91 Å². The molecule has 16 heavy (non-hydrogen) atoms. The van der Waals surface area contributed by atoms with Crippen LogP contribution in [-0.4, -0.2) is 5.91 Å². The number of hydrogen-bond donors (Lipinski definition) is 1. The molecule has 1 amide bonds. The van der Waals surface area contributed by atoms with Crippen LogP contribution in [0, 0.1) is 6.92 Å². The molecule has 1 aliphatic rings. The molecule has 1 aromatic rings. The van der Waals surface area contributed by atoms with Crippen molar-refractivity contribution in [1.29, 1.82) is 0 Å². The Hall–Kier alpha value is -1.57. The Labute approximate surface area is 96.2 Å². The fourth-order valence-corrected chi connectivity index (χ4v) is 2.25. The number of carbonyl (C=O) groups is 1. The highest BCUT2D eigenvalue weighted by Crippen LogP contribution is 2.32. The molecule has 2 N–H and O–H groups in total. The Morgan fingerprint density at radius 1 is 1.12 bits per heavy atom. The SMILES string of the molecule is Cc1ccc(C2=C(C(N)=O)CCCC2)cc1. The summed E-state index contributed by atoms with van der Waals surface area (Å²) < 4.78 is 0. The summed E-state index contributed by atoms with van der Waals surface area (Å²) in [5.41, 5.74) is 9.80. The van der Waals surface area contributed by atoms with Gasteiger partial charge in [0, 0.05) is 5.57 Å². The van der Waals surface area contributed by atoms with Crippen LogP contribution in [0.2, 0.25) is 0 Å². The first kappa shape index (κ1) is 10.9. The van der Waals surface area contributed by atoms with E-state index in [2.05, 4.69) is 31.2 Å². The third kappa shape index (κ3) is 2.16. The number of benzene rings is 1. The van der Waals surface area contributed by atoms with Crippen LogP contribution < -0.4 is 5.73 Å². The van der Waals surface area contributed by atoms with Crippen LogP contribution in [0.3, 0.4) is 0 Å². The number of carbonyl (C=O) groups excluding carboxylic acids is 1. The molecule has 0 saturated carbocycles. The van der Waals surface area contributed by atoms with E-state index in [4.69, 9.17) is 5.73 Å².